The van der Waals surface area contributed by atoms with E-state index in [1.807, 2.05) is 0 Å². The molecule has 0 aromatic heterocycles. The zero-order valence-electron chi connectivity index (χ0n) is 37.4. The van der Waals surface area contributed by atoms with Crippen LogP contribution in [0.2, 0.25) is 0 Å². The van der Waals surface area contributed by atoms with Crippen LogP contribution in [0.25, 0.3) is 0 Å². The summed E-state index contributed by atoms with van der Waals surface area (Å²) in [5, 5.41) is 0. The van der Waals surface area contributed by atoms with E-state index in [0.717, 1.165) is 64.2 Å². The molecule has 0 fully saturated rings. The molecule has 0 amide bonds. The maximum atomic E-state index is 12.7. The van der Waals surface area contributed by atoms with Crippen molar-refractivity contribution >= 4 is 17.9 Å². The van der Waals surface area contributed by atoms with E-state index in [-0.39, 0.29) is 31.1 Å². The quantitative estimate of drug-likeness (QED) is 0.0265. The van der Waals surface area contributed by atoms with Crippen LogP contribution in [0.3, 0.4) is 0 Å². The number of rotatable bonds is 44. The second-order valence-corrected chi connectivity index (χ2v) is 16.4. The fraction of sp³-hybridized carbons (Fsp3) is 0.860. The summed E-state index contributed by atoms with van der Waals surface area (Å²) < 4.78 is 16.7. The fourth-order valence-corrected chi connectivity index (χ4v) is 7.00. The van der Waals surface area contributed by atoms with Crippen LogP contribution < -0.4 is 0 Å². The van der Waals surface area contributed by atoms with Crippen molar-refractivity contribution in [2.75, 3.05) is 13.2 Å². The summed E-state index contributed by atoms with van der Waals surface area (Å²) in [6, 6.07) is 0. The topological polar surface area (TPSA) is 78.9 Å². The number of allylic oxidation sites excluding steroid dienone is 4. The molecule has 0 saturated carbocycles. The Bertz CT molecular complexity index is 911. The predicted molar refractivity (Wildman–Crippen MR) is 238 cm³/mol. The minimum Gasteiger partial charge on any atom is -0.462 e. The van der Waals surface area contributed by atoms with E-state index in [4.69, 9.17) is 14.2 Å². The predicted octanol–water partition coefficient (Wildman–Crippen LogP) is 15.6. The molecule has 0 heterocycles. The van der Waals surface area contributed by atoms with Gasteiger partial charge in [0.15, 0.2) is 6.10 Å². The summed E-state index contributed by atoms with van der Waals surface area (Å²) in [6.45, 7) is 6.59. The summed E-state index contributed by atoms with van der Waals surface area (Å²) >= 11 is 0. The number of hydrogen-bond acceptors (Lipinski definition) is 6. The molecular formula is C50H92O6. The minimum absolute atomic E-state index is 0.0688. The Morgan fingerprint density at radius 2 is 0.643 bits per heavy atom. The minimum atomic E-state index is -0.764. The zero-order valence-corrected chi connectivity index (χ0v) is 37.4. The average molecular weight is 789 g/mol. The lowest BCUT2D eigenvalue weighted by Gasteiger charge is -2.18. The molecule has 0 radical (unpaired) electrons. The van der Waals surface area contributed by atoms with Crippen LogP contribution in [-0.2, 0) is 28.6 Å². The van der Waals surface area contributed by atoms with Gasteiger partial charge in [-0.05, 0) is 51.4 Å². The number of hydrogen-bond donors (Lipinski definition) is 0. The standard InChI is InChI=1S/C50H92O6/c1-4-7-10-13-16-19-21-22-23-24-25-26-27-28-30-31-34-37-40-43-49(52)55-46-47(45-54-48(51)42-39-36-33-18-15-12-9-6-3)56-50(53)44-41-38-35-32-29-20-17-14-11-8-5-2/h16,19,22-23,47H,4-15,17-18,20-21,24-46H2,1-3H3/b19-16-,23-22-. The molecule has 0 saturated heterocycles. The van der Waals surface area contributed by atoms with E-state index in [0.29, 0.717) is 19.3 Å². The lowest BCUT2D eigenvalue weighted by Crippen LogP contribution is -2.30. The van der Waals surface area contributed by atoms with Crippen molar-refractivity contribution in [3.05, 3.63) is 24.3 Å². The molecule has 0 aliphatic heterocycles. The summed E-state index contributed by atoms with van der Waals surface area (Å²) in [6.07, 6.45) is 50.2. The van der Waals surface area contributed by atoms with E-state index in [1.54, 1.807) is 0 Å². The van der Waals surface area contributed by atoms with Crippen LogP contribution >= 0.6 is 0 Å². The molecular weight excluding hydrogens is 697 g/mol. The Labute approximate surface area is 347 Å². The van der Waals surface area contributed by atoms with Gasteiger partial charge in [0.05, 0.1) is 0 Å². The maximum Gasteiger partial charge on any atom is 0.306 e. The van der Waals surface area contributed by atoms with Gasteiger partial charge in [-0.1, -0.05) is 212 Å². The highest BCUT2D eigenvalue weighted by Gasteiger charge is 2.19. The lowest BCUT2D eigenvalue weighted by atomic mass is 10.1. The third-order valence-corrected chi connectivity index (χ3v) is 10.7. The van der Waals surface area contributed by atoms with Crippen molar-refractivity contribution in [1.82, 2.24) is 0 Å². The van der Waals surface area contributed by atoms with Crippen molar-refractivity contribution in [3.8, 4) is 0 Å². The molecule has 0 aliphatic carbocycles. The van der Waals surface area contributed by atoms with Crippen LogP contribution in [0, 0.1) is 0 Å². The van der Waals surface area contributed by atoms with Crippen LogP contribution in [0.15, 0.2) is 24.3 Å². The first-order chi connectivity index (χ1) is 27.5. The van der Waals surface area contributed by atoms with E-state index < -0.39 is 6.10 Å². The molecule has 0 rings (SSSR count). The normalized spacial score (nSPS) is 12.1. The zero-order chi connectivity index (χ0) is 40.8. The van der Waals surface area contributed by atoms with E-state index >= 15 is 0 Å². The Kier molecular flexibility index (Phi) is 43.9. The van der Waals surface area contributed by atoms with Crippen molar-refractivity contribution in [1.29, 1.82) is 0 Å². The van der Waals surface area contributed by atoms with Gasteiger partial charge in [0.2, 0.25) is 0 Å². The monoisotopic (exact) mass is 789 g/mol. The fourth-order valence-electron chi connectivity index (χ4n) is 7.00. The molecule has 56 heavy (non-hydrogen) atoms. The van der Waals surface area contributed by atoms with Gasteiger partial charge in [-0.25, -0.2) is 0 Å². The molecule has 6 nitrogen and oxygen atoms in total. The molecule has 328 valence electrons. The third kappa shape index (κ3) is 43.0. The van der Waals surface area contributed by atoms with Crippen molar-refractivity contribution < 1.29 is 28.6 Å². The summed E-state index contributed by atoms with van der Waals surface area (Å²) in [7, 11) is 0. The Hall–Kier alpha value is -2.11. The first kappa shape index (κ1) is 53.9. The van der Waals surface area contributed by atoms with E-state index in [2.05, 4.69) is 45.1 Å². The van der Waals surface area contributed by atoms with Crippen LogP contribution in [-0.4, -0.2) is 37.2 Å². The van der Waals surface area contributed by atoms with Crippen molar-refractivity contribution in [2.45, 2.75) is 264 Å². The van der Waals surface area contributed by atoms with Gasteiger partial charge >= 0.3 is 17.9 Å². The Morgan fingerprint density at radius 1 is 0.357 bits per heavy atom. The maximum absolute atomic E-state index is 12.7. The Morgan fingerprint density at radius 3 is 1.02 bits per heavy atom. The van der Waals surface area contributed by atoms with Crippen LogP contribution in [0.1, 0.15) is 258 Å². The summed E-state index contributed by atoms with van der Waals surface area (Å²) in [5.41, 5.74) is 0. The van der Waals surface area contributed by atoms with E-state index in [1.165, 1.54) is 154 Å². The second kappa shape index (κ2) is 45.6. The van der Waals surface area contributed by atoms with Gasteiger partial charge in [-0.3, -0.25) is 14.4 Å². The van der Waals surface area contributed by atoms with Crippen molar-refractivity contribution in [2.24, 2.45) is 0 Å². The molecule has 1 unspecified atom stereocenters. The highest BCUT2D eigenvalue weighted by atomic mass is 16.6. The molecule has 6 heteroatoms. The third-order valence-electron chi connectivity index (χ3n) is 10.7. The van der Waals surface area contributed by atoms with Gasteiger partial charge < -0.3 is 14.2 Å². The molecule has 0 aromatic rings. The molecule has 0 bridgehead atoms. The SMILES string of the molecule is CCCCC/C=C\C/C=C\CCCCCCCCCCCC(=O)OCC(COC(=O)CCCCCCCCCC)OC(=O)CCCCCCCCCCCCC. The molecule has 0 N–H and O–H groups in total. The van der Waals surface area contributed by atoms with Gasteiger partial charge in [-0.15, -0.1) is 0 Å². The van der Waals surface area contributed by atoms with Crippen molar-refractivity contribution in [3.63, 3.8) is 0 Å². The van der Waals surface area contributed by atoms with Crippen LogP contribution in [0.4, 0.5) is 0 Å². The van der Waals surface area contributed by atoms with Crippen LogP contribution in [0.5, 0.6) is 0 Å². The number of ether oxygens (including phenoxy) is 3. The lowest BCUT2D eigenvalue weighted by molar-refractivity contribution is -0.167. The first-order valence-electron chi connectivity index (χ1n) is 24.3. The van der Waals surface area contributed by atoms with Gasteiger partial charge in [-0.2, -0.15) is 0 Å². The summed E-state index contributed by atoms with van der Waals surface area (Å²) in [4.78, 5) is 37.7. The highest BCUT2D eigenvalue weighted by molar-refractivity contribution is 5.71. The van der Waals surface area contributed by atoms with Gasteiger partial charge in [0.1, 0.15) is 13.2 Å². The highest BCUT2D eigenvalue weighted by Crippen LogP contribution is 2.15. The molecule has 0 aliphatic rings. The van der Waals surface area contributed by atoms with Gasteiger partial charge in [0, 0.05) is 19.3 Å². The number of carbonyl (C=O) groups is 3. The molecule has 1 atom stereocenters. The molecule has 0 spiro atoms. The molecule has 0 aromatic carbocycles. The average Bonchev–Trinajstić information content (AvgIpc) is 3.19. The number of unbranched alkanes of at least 4 members (excludes halogenated alkanes) is 29. The summed E-state index contributed by atoms with van der Waals surface area (Å²) in [5.74, 6) is -0.869. The van der Waals surface area contributed by atoms with E-state index in [9.17, 15) is 14.4 Å². The first-order valence-corrected chi connectivity index (χ1v) is 24.3. The van der Waals surface area contributed by atoms with Gasteiger partial charge in [0.25, 0.3) is 0 Å². The Balaban J connectivity index is 4.23. The largest absolute Gasteiger partial charge is 0.462 e. The number of esters is 3. The smallest absolute Gasteiger partial charge is 0.306 e. The number of carbonyl (C=O) groups excluding carboxylic acids is 3. The second-order valence-electron chi connectivity index (χ2n) is 16.4.